The molecule has 1 aliphatic heterocycles. The number of nitrogens with two attached hydrogens (primary N) is 1. The van der Waals surface area contributed by atoms with Crippen LogP contribution in [0.5, 0.6) is 5.88 Å². The number of aromatic nitrogens is 1. The zero-order valence-corrected chi connectivity index (χ0v) is 11.4. The molecule has 0 amide bonds. The van der Waals surface area contributed by atoms with Crippen molar-refractivity contribution in [2.45, 2.75) is 6.42 Å². The van der Waals surface area contributed by atoms with Gasteiger partial charge >= 0.3 is 0 Å². The molecule has 1 aromatic rings. The zero-order chi connectivity index (χ0) is 13.1. The lowest BCUT2D eigenvalue weighted by Crippen LogP contribution is -2.27. The third kappa shape index (κ3) is 2.85. The minimum atomic E-state index is 0.503. The largest absolute Gasteiger partial charge is 0.479 e. The van der Waals surface area contributed by atoms with Crippen molar-refractivity contribution in [1.82, 2.24) is 9.88 Å². The maximum atomic E-state index is 5.77. The standard InChI is InChI=1S/C13H22N4O/c1-16-7-6-10(8-16)9-17(2)12-5-4-11(14)13(15-12)18-3/h4-5,10H,6-9,14H2,1-3H3. The van der Waals surface area contributed by atoms with Gasteiger partial charge in [-0.25, -0.2) is 0 Å². The minimum absolute atomic E-state index is 0.503. The molecule has 1 fully saturated rings. The Kier molecular flexibility index (Phi) is 3.91. The predicted octanol–water partition coefficient (Wildman–Crippen LogP) is 1.06. The fraction of sp³-hybridized carbons (Fsp3) is 0.615. The normalized spacial score (nSPS) is 20.1. The van der Waals surface area contributed by atoms with Crippen LogP contribution in [0.4, 0.5) is 11.5 Å². The van der Waals surface area contributed by atoms with Crippen LogP contribution in [-0.2, 0) is 0 Å². The number of ether oxygens (including phenoxy) is 1. The number of hydrogen-bond donors (Lipinski definition) is 1. The molecule has 0 radical (unpaired) electrons. The monoisotopic (exact) mass is 250 g/mol. The number of hydrogen-bond acceptors (Lipinski definition) is 5. The van der Waals surface area contributed by atoms with Gasteiger partial charge in [-0.2, -0.15) is 4.98 Å². The summed E-state index contributed by atoms with van der Waals surface area (Å²) >= 11 is 0. The van der Waals surface area contributed by atoms with E-state index in [2.05, 4.69) is 28.9 Å². The fourth-order valence-electron chi connectivity index (χ4n) is 2.47. The summed E-state index contributed by atoms with van der Waals surface area (Å²) in [5, 5.41) is 0. The van der Waals surface area contributed by atoms with Crippen LogP contribution in [0.15, 0.2) is 12.1 Å². The second kappa shape index (κ2) is 5.44. The number of rotatable bonds is 4. The Morgan fingerprint density at radius 3 is 2.94 bits per heavy atom. The lowest BCUT2D eigenvalue weighted by Gasteiger charge is -2.22. The Labute approximate surface area is 109 Å². The van der Waals surface area contributed by atoms with Crippen molar-refractivity contribution < 1.29 is 4.74 Å². The van der Waals surface area contributed by atoms with E-state index in [1.165, 1.54) is 13.0 Å². The quantitative estimate of drug-likeness (QED) is 0.866. The molecule has 1 aliphatic rings. The molecule has 1 saturated heterocycles. The Hall–Kier alpha value is -1.49. The molecule has 0 saturated carbocycles. The maximum absolute atomic E-state index is 5.77. The maximum Gasteiger partial charge on any atom is 0.238 e. The van der Waals surface area contributed by atoms with Crippen molar-refractivity contribution in [2.75, 3.05) is 51.5 Å². The van der Waals surface area contributed by atoms with Crippen molar-refractivity contribution >= 4 is 11.5 Å². The topological polar surface area (TPSA) is 54.6 Å². The average Bonchev–Trinajstić information content (AvgIpc) is 2.75. The van der Waals surface area contributed by atoms with Crippen molar-refractivity contribution in [3.63, 3.8) is 0 Å². The summed E-state index contributed by atoms with van der Waals surface area (Å²) in [5.74, 6) is 2.13. The molecule has 0 aromatic carbocycles. The van der Waals surface area contributed by atoms with Gasteiger partial charge < -0.3 is 20.3 Å². The van der Waals surface area contributed by atoms with Crippen molar-refractivity contribution in [2.24, 2.45) is 5.92 Å². The third-order valence-electron chi connectivity index (χ3n) is 3.48. The SMILES string of the molecule is COc1nc(N(C)CC2CCN(C)C2)ccc1N. The van der Waals surface area contributed by atoms with Gasteiger partial charge in [-0.1, -0.05) is 0 Å². The summed E-state index contributed by atoms with van der Waals surface area (Å²) in [4.78, 5) is 8.96. The van der Waals surface area contributed by atoms with Gasteiger partial charge in [-0.05, 0) is 38.1 Å². The molecule has 1 aromatic heterocycles. The second-order valence-corrected chi connectivity index (χ2v) is 5.07. The Bertz CT molecular complexity index is 410. The lowest BCUT2D eigenvalue weighted by atomic mass is 10.1. The highest BCUT2D eigenvalue weighted by molar-refractivity contribution is 5.54. The predicted molar refractivity (Wildman–Crippen MR) is 74.1 cm³/mol. The van der Waals surface area contributed by atoms with Crippen LogP contribution < -0.4 is 15.4 Å². The van der Waals surface area contributed by atoms with E-state index in [1.54, 1.807) is 7.11 Å². The van der Waals surface area contributed by atoms with E-state index in [1.807, 2.05) is 12.1 Å². The molecular formula is C13H22N4O. The molecule has 1 atom stereocenters. The van der Waals surface area contributed by atoms with E-state index in [0.29, 0.717) is 17.5 Å². The van der Waals surface area contributed by atoms with Gasteiger partial charge in [0, 0.05) is 20.1 Å². The van der Waals surface area contributed by atoms with Gasteiger partial charge in [0.05, 0.1) is 12.8 Å². The first-order chi connectivity index (χ1) is 8.60. The van der Waals surface area contributed by atoms with E-state index in [0.717, 1.165) is 18.9 Å². The first-order valence-electron chi connectivity index (χ1n) is 6.30. The molecular weight excluding hydrogens is 228 g/mol. The smallest absolute Gasteiger partial charge is 0.238 e. The molecule has 5 heteroatoms. The Morgan fingerprint density at radius 2 is 2.33 bits per heavy atom. The van der Waals surface area contributed by atoms with Crippen LogP contribution in [0.3, 0.4) is 0 Å². The minimum Gasteiger partial charge on any atom is -0.479 e. The summed E-state index contributed by atoms with van der Waals surface area (Å²) in [5.41, 5.74) is 6.35. The summed E-state index contributed by atoms with van der Waals surface area (Å²) in [6, 6.07) is 3.79. The molecule has 0 spiro atoms. The van der Waals surface area contributed by atoms with Crippen molar-refractivity contribution in [3.05, 3.63) is 12.1 Å². The van der Waals surface area contributed by atoms with Gasteiger partial charge in [0.1, 0.15) is 5.82 Å². The number of likely N-dealkylation sites (tertiary alicyclic amines) is 1. The van der Waals surface area contributed by atoms with Gasteiger partial charge in [0.25, 0.3) is 0 Å². The summed E-state index contributed by atoms with van der Waals surface area (Å²) < 4.78 is 5.15. The molecule has 1 unspecified atom stereocenters. The van der Waals surface area contributed by atoms with Gasteiger partial charge in [-0.15, -0.1) is 0 Å². The Morgan fingerprint density at radius 1 is 1.56 bits per heavy atom. The first kappa shape index (κ1) is 13.0. The van der Waals surface area contributed by atoms with E-state index >= 15 is 0 Å². The number of pyridine rings is 1. The molecule has 100 valence electrons. The summed E-state index contributed by atoms with van der Waals surface area (Å²) in [6.45, 7) is 3.37. The number of anilines is 2. The van der Waals surface area contributed by atoms with E-state index in [9.17, 15) is 0 Å². The average molecular weight is 250 g/mol. The van der Waals surface area contributed by atoms with Crippen molar-refractivity contribution in [3.8, 4) is 5.88 Å². The van der Waals surface area contributed by atoms with Crippen LogP contribution in [0.25, 0.3) is 0 Å². The highest BCUT2D eigenvalue weighted by atomic mass is 16.5. The third-order valence-corrected chi connectivity index (χ3v) is 3.48. The molecule has 0 aliphatic carbocycles. The number of nitrogen functional groups attached to an aromatic ring is 1. The van der Waals surface area contributed by atoms with Crippen LogP contribution in [0.2, 0.25) is 0 Å². The second-order valence-electron chi connectivity index (χ2n) is 5.07. The van der Waals surface area contributed by atoms with E-state index < -0.39 is 0 Å². The van der Waals surface area contributed by atoms with E-state index in [-0.39, 0.29) is 0 Å². The van der Waals surface area contributed by atoms with Crippen LogP contribution in [-0.4, -0.2) is 50.7 Å². The molecule has 2 N–H and O–H groups in total. The highest BCUT2D eigenvalue weighted by Gasteiger charge is 2.21. The lowest BCUT2D eigenvalue weighted by molar-refractivity contribution is 0.393. The van der Waals surface area contributed by atoms with Crippen LogP contribution in [0.1, 0.15) is 6.42 Å². The van der Waals surface area contributed by atoms with Gasteiger partial charge in [0.2, 0.25) is 5.88 Å². The number of nitrogens with zero attached hydrogens (tertiary/aromatic N) is 3. The molecule has 2 heterocycles. The molecule has 5 nitrogen and oxygen atoms in total. The molecule has 18 heavy (non-hydrogen) atoms. The van der Waals surface area contributed by atoms with Crippen molar-refractivity contribution in [1.29, 1.82) is 0 Å². The number of methoxy groups -OCH3 is 1. The molecule has 2 rings (SSSR count). The zero-order valence-electron chi connectivity index (χ0n) is 11.4. The van der Waals surface area contributed by atoms with E-state index in [4.69, 9.17) is 10.5 Å². The summed E-state index contributed by atoms with van der Waals surface area (Å²) in [7, 11) is 5.83. The van der Waals surface area contributed by atoms with Gasteiger partial charge in [0.15, 0.2) is 0 Å². The van der Waals surface area contributed by atoms with Gasteiger partial charge in [-0.3, -0.25) is 0 Å². The Balaban J connectivity index is 2.02. The molecule has 0 bridgehead atoms. The summed E-state index contributed by atoms with van der Waals surface area (Å²) in [6.07, 6.45) is 1.26. The first-order valence-corrected chi connectivity index (χ1v) is 6.30. The van der Waals surface area contributed by atoms with Crippen LogP contribution >= 0.6 is 0 Å². The highest BCUT2D eigenvalue weighted by Crippen LogP contribution is 2.23. The van der Waals surface area contributed by atoms with Crippen LogP contribution in [0, 0.1) is 5.92 Å². The fourth-order valence-corrected chi connectivity index (χ4v) is 2.47.